The molecule has 0 aliphatic heterocycles. The zero-order valence-electron chi connectivity index (χ0n) is 11.6. The summed E-state index contributed by atoms with van der Waals surface area (Å²) >= 11 is 0. The Hall–Kier alpha value is -3.04. The first kappa shape index (κ1) is 13.0. The summed E-state index contributed by atoms with van der Waals surface area (Å²) in [6.45, 7) is 0.567. The molecular formula is C11H14N10. The highest BCUT2D eigenvalue weighted by Crippen LogP contribution is 2.09. The monoisotopic (exact) mass is 286 g/mol. The lowest BCUT2D eigenvalue weighted by atomic mass is 10.4. The van der Waals surface area contributed by atoms with Crippen LogP contribution < -0.4 is 10.6 Å². The van der Waals surface area contributed by atoms with Gasteiger partial charge in [0, 0.05) is 32.4 Å². The van der Waals surface area contributed by atoms with Crippen LogP contribution >= 0.6 is 0 Å². The summed E-state index contributed by atoms with van der Waals surface area (Å²) in [7, 11) is 3.61. The Bertz CT molecular complexity index is 716. The Morgan fingerprint density at radius 3 is 2.67 bits per heavy atom. The molecule has 0 bridgehead atoms. The Kier molecular flexibility index (Phi) is 3.41. The summed E-state index contributed by atoms with van der Waals surface area (Å²) < 4.78 is 3.21. The van der Waals surface area contributed by atoms with Gasteiger partial charge in [-0.25, -0.2) is 4.98 Å². The van der Waals surface area contributed by atoms with Gasteiger partial charge < -0.3 is 10.6 Å². The van der Waals surface area contributed by atoms with Crippen LogP contribution in [0.15, 0.2) is 25.0 Å². The molecule has 0 atom stereocenters. The molecule has 0 aromatic carbocycles. The quantitative estimate of drug-likeness (QED) is 0.665. The normalized spacial score (nSPS) is 10.6. The van der Waals surface area contributed by atoms with Gasteiger partial charge in [0.1, 0.15) is 12.7 Å². The van der Waals surface area contributed by atoms with E-state index in [0.29, 0.717) is 24.4 Å². The van der Waals surface area contributed by atoms with Crippen LogP contribution in [0, 0.1) is 0 Å². The Labute approximate surface area is 120 Å². The highest BCUT2D eigenvalue weighted by molar-refractivity contribution is 5.37. The van der Waals surface area contributed by atoms with Gasteiger partial charge in [0.25, 0.3) is 5.95 Å². The fourth-order valence-electron chi connectivity index (χ4n) is 1.71. The Balaban J connectivity index is 1.82. The largest absolute Gasteiger partial charge is 0.357 e. The van der Waals surface area contributed by atoms with Crippen molar-refractivity contribution in [3.63, 3.8) is 0 Å². The molecule has 0 fully saturated rings. The van der Waals surface area contributed by atoms with E-state index in [0.717, 1.165) is 5.56 Å². The van der Waals surface area contributed by atoms with Crippen LogP contribution in [-0.2, 0) is 13.6 Å². The zero-order chi connectivity index (χ0) is 14.7. The van der Waals surface area contributed by atoms with Gasteiger partial charge >= 0.3 is 0 Å². The first-order chi connectivity index (χ1) is 10.2. The predicted molar refractivity (Wildman–Crippen MR) is 74.8 cm³/mol. The van der Waals surface area contributed by atoms with Crippen molar-refractivity contribution in [2.75, 3.05) is 17.7 Å². The van der Waals surface area contributed by atoms with E-state index in [-0.39, 0.29) is 0 Å². The van der Waals surface area contributed by atoms with Crippen molar-refractivity contribution >= 4 is 11.9 Å². The molecule has 3 rings (SSSR count). The molecule has 10 heteroatoms. The van der Waals surface area contributed by atoms with E-state index in [1.807, 2.05) is 13.2 Å². The fraction of sp³-hybridized carbons (Fsp3) is 0.273. The van der Waals surface area contributed by atoms with Gasteiger partial charge in [-0.2, -0.15) is 29.8 Å². The summed E-state index contributed by atoms with van der Waals surface area (Å²) in [5.74, 6) is 1.29. The molecule has 3 aromatic rings. The molecule has 21 heavy (non-hydrogen) atoms. The third-order valence-electron chi connectivity index (χ3n) is 2.68. The lowest BCUT2D eigenvalue weighted by Crippen LogP contribution is -2.11. The maximum atomic E-state index is 4.31. The third-order valence-corrected chi connectivity index (χ3v) is 2.68. The molecule has 3 aromatic heterocycles. The standard InChI is InChI=1S/C11H14N10/c1-12-9-17-10(14-3-8-4-15-20(2)5-8)19-11(18-9)21-7-13-6-16-21/h4-7H,3H2,1-2H3,(H2,12,14,17,18,19). The summed E-state index contributed by atoms with van der Waals surface area (Å²) in [6.07, 6.45) is 6.66. The number of aromatic nitrogens is 8. The second-order valence-corrected chi connectivity index (χ2v) is 4.25. The van der Waals surface area contributed by atoms with Crippen LogP contribution in [0.1, 0.15) is 5.56 Å². The lowest BCUT2D eigenvalue weighted by Gasteiger charge is -2.07. The van der Waals surface area contributed by atoms with Crippen molar-refractivity contribution in [2.45, 2.75) is 6.54 Å². The van der Waals surface area contributed by atoms with E-state index in [9.17, 15) is 0 Å². The second-order valence-electron chi connectivity index (χ2n) is 4.25. The number of aryl methyl sites for hydroxylation is 1. The van der Waals surface area contributed by atoms with Gasteiger partial charge in [0.05, 0.1) is 6.20 Å². The molecule has 0 aliphatic rings. The molecule has 0 saturated carbocycles. The molecule has 0 aliphatic carbocycles. The molecule has 108 valence electrons. The lowest BCUT2D eigenvalue weighted by molar-refractivity contribution is 0.767. The first-order valence-electron chi connectivity index (χ1n) is 6.25. The van der Waals surface area contributed by atoms with Crippen LogP contribution in [0.5, 0.6) is 0 Å². The van der Waals surface area contributed by atoms with Gasteiger partial charge in [-0.05, 0) is 0 Å². The van der Waals surface area contributed by atoms with E-state index < -0.39 is 0 Å². The number of anilines is 2. The SMILES string of the molecule is CNc1nc(NCc2cnn(C)c2)nc(-n2cncn2)n1. The summed E-state index contributed by atoms with van der Waals surface area (Å²) in [6, 6.07) is 0. The molecule has 10 nitrogen and oxygen atoms in total. The van der Waals surface area contributed by atoms with E-state index in [2.05, 4.69) is 40.8 Å². The number of nitrogens with zero attached hydrogens (tertiary/aromatic N) is 8. The van der Waals surface area contributed by atoms with Gasteiger partial charge in [-0.3, -0.25) is 4.68 Å². The van der Waals surface area contributed by atoms with Crippen molar-refractivity contribution in [2.24, 2.45) is 7.05 Å². The van der Waals surface area contributed by atoms with Gasteiger partial charge in [0.2, 0.25) is 11.9 Å². The molecule has 3 heterocycles. The van der Waals surface area contributed by atoms with Crippen molar-refractivity contribution in [1.82, 2.24) is 39.5 Å². The molecular weight excluding hydrogens is 272 g/mol. The van der Waals surface area contributed by atoms with Crippen molar-refractivity contribution in [3.05, 3.63) is 30.6 Å². The molecule has 0 unspecified atom stereocenters. The van der Waals surface area contributed by atoms with Crippen LogP contribution in [0.2, 0.25) is 0 Å². The predicted octanol–water partition coefficient (Wildman–Crippen LogP) is -0.160. The number of hydrogen-bond donors (Lipinski definition) is 2. The van der Waals surface area contributed by atoms with E-state index in [1.165, 1.54) is 17.3 Å². The molecule has 0 saturated heterocycles. The van der Waals surface area contributed by atoms with Crippen LogP contribution in [-0.4, -0.2) is 46.5 Å². The maximum Gasteiger partial charge on any atom is 0.258 e. The van der Waals surface area contributed by atoms with Crippen molar-refractivity contribution < 1.29 is 0 Å². The Morgan fingerprint density at radius 1 is 1.14 bits per heavy atom. The minimum atomic E-state index is 0.389. The van der Waals surface area contributed by atoms with Crippen molar-refractivity contribution in [1.29, 1.82) is 0 Å². The van der Waals surface area contributed by atoms with Gasteiger partial charge in [0.15, 0.2) is 0 Å². The highest BCUT2D eigenvalue weighted by atomic mass is 15.4. The van der Waals surface area contributed by atoms with Crippen LogP contribution in [0.3, 0.4) is 0 Å². The Morgan fingerprint density at radius 2 is 2.00 bits per heavy atom. The van der Waals surface area contributed by atoms with Gasteiger partial charge in [-0.15, -0.1) is 0 Å². The minimum absolute atomic E-state index is 0.389. The van der Waals surface area contributed by atoms with E-state index >= 15 is 0 Å². The molecule has 0 amide bonds. The maximum absolute atomic E-state index is 4.31. The third kappa shape index (κ3) is 2.94. The van der Waals surface area contributed by atoms with Crippen molar-refractivity contribution in [3.8, 4) is 5.95 Å². The minimum Gasteiger partial charge on any atom is -0.357 e. The summed E-state index contributed by atoms with van der Waals surface area (Å²) in [5.41, 5.74) is 1.03. The average molecular weight is 286 g/mol. The van der Waals surface area contributed by atoms with E-state index in [4.69, 9.17) is 0 Å². The molecule has 0 spiro atoms. The first-order valence-corrected chi connectivity index (χ1v) is 6.25. The summed E-state index contributed by atoms with van der Waals surface area (Å²) in [4.78, 5) is 16.7. The number of hydrogen-bond acceptors (Lipinski definition) is 8. The van der Waals surface area contributed by atoms with Gasteiger partial charge in [-0.1, -0.05) is 0 Å². The number of rotatable bonds is 5. The average Bonchev–Trinajstić information content (AvgIpc) is 3.16. The second kappa shape index (κ2) is 5.53. The molecule has 0 radical (unpaired) electrons. The smallest absolute Gasteiger partial charge is 0.258 e. The topological polar surface area (TPSA) is 111 Å². The van der Waals surface area contributed by atoms with Crippen LogP contribution in [0.4, 0.5) is 11.9 Å². The zero-order valence-corrected chi connectivity index (χ0v) is 11.6. The van der Waals surface area contributed by atoms with E-state index in [1.54, 1.807) is 17.9 Å². The van der Waals surface area contributed by atoms with Crippen LogP contribution in [0.25, 0.3) is 5.95 Å². The highest BCUT2D eigenvalue weighted by Gasteiger charge is 2.08. The number of nitrogens with one attached hydrogen (secondary N) is 2. The summed E-state index contributed by atoms with van der Waals surface area (Å²) in [5, 5.41) is 14.1. The molecule has 2 N–H and O–H groups in total. The fourth-order valence-corrected chi connectivity index (χ4v) is 1.71.